The Morgan fingerprint density at radius 1 is 1.44 bits per heavy atom. The van der Waals surface area contributed by atoms with Gasteiger partial charge in [0.2, 0.25) is 12.7 Å². The molecule has 0 spiro atoms. The lowest BCUT2D eigenvalue weighted by Gasteiger charge is -1.70. The van der Waals surface area contributed by atoms with Gasteiger partial charge in [0.25, 0.3) is 0 Å². The summed E-state index contributed by atoms with van der Waals surface area (Å²) in [6.45, 7) is 0.476. The highest BCUT2D eigenvalue weighted by molar-refractivity contribution is 8.04. The molecule has 0 saturated carbocycles. The minimum atomic E-state index is 0. The number of rotatable bonds is 0. The fourth-order valence-corrected chi connectivity index (χ4v) is 0.906. The van der Waals surface area contributed by atoms with Crippen LogP contribution in [0.25, 0.3) is 0 Å². The van der Waals surface area contributed by atoms with Gasteiger partial charge in [0.1, 0.15) is 0 Å². The highest BCUT2D eigenvalue weighted by atomic mass is 35.5. The average Bonchev–Trinajstić information content (AvgIpc) is 1.94. The zero-order chi connectivity index (χ0) is 5.82. The smallest absolute Gasteiger partial charge is 0.147 e. The van der Waals surface area contributed by atoms with E-state index >= 15 is 0 Å². The van der Waals surface area contributed by atoms with Crippen molar-refractivity contribution in [3.05, 3.63) is 28.0 Å². The Hall–Kier alpha value is -0.280. The summed E-state index contributed by atoms with van der Waals surface area (Å²) in [5.41, 5.74) is 0. The molecule has 0 aromatic heterocycles. The summed E-state index contributed by atoms with van der Waals surface area (Å²) in [4.78, 5) is 10.4. The summed E-state index contributed by atoms with van der Waals surface area (Å²) in [5, 5.41) is 3.66. The van der Waals surface area contributed by atoms with Crippen molar-refractivity contribution in [2.24, 2.45) is 0 Å². The van der Waals surface area contributed by atoms with E-state index in [1.54, 1.807) is 5.41 Å². The molecular weight excluding hydrogens is 158 g/mol. The molecule has 0 aromatic carbocycles. The lowest BCUT2D eigenvalue weighted by atomic mass is 10.6. The van der Waals surface area contributed by atoms with E-state index in [1.165, 1.54) is 18.0 Å². The van der Waals surface area contributed by atoms with Gasteiger partial charge in [-0.05, 0) is 11.5 Å². The molecule has 4 heteroatoms. The first-order valence-corrected chi connectivity index (χ1v) is 3.25. The second kappa shape index (κ2) is 4.58. The number of hydrogen-bond donors (Lipinski definition) is 0. The van der Waals surface area contributed by atoms with Gasteiger partial charge in [-0.2, -0.15) is 0 Å². The van der Waals surface area contributed by atoms with Crippen LogP contribution >= 0.6 is 24.2 Å². The number of halogens is 1. The molecule has 50 valence electrons. The lowest BCUT2D eigenvalue weighted by molar-refractivity contribution is -0.467. The molecule has 9 heavy (non-hydrogen) atoms. The molecule has 2 nitrogen and oxygen atoms in total. The monoisotopic (exact) mass is 164 g/mol. The summed E-state index contributed by atoms with van der Waals surface area (Å²) >= 11 is 1.52. The molecule has 0 N–H and O–H groups in total. The minimum absolute atomic E-state index is 0. The molecule has 0 unspecified atom stereocenters. The summed E-state index contributed by atoms with van der Waals surface area (Å²) in [6, 6.07) is 0. The van der Waals surface area contributed by atoms with Crippen molar-refractivity contribution in [3.63, 3.8) is 0 Å². The molecule has 0 bridgehead atoms. The Labute approximate surface area is 64.0 Å². The van der Waals surface area contributed by atoms with E-state index in [4.69, 9.17) is 0 Å². The third-order valence-corrected chi connectivity index (χ3v) is 1.39. The minimum Gasteiger partial charge on any atom is -0.147 e. The van der Waals surface area contributed by atoms with Gasteiger partial charge >= 0.3 is 0 Å². The van der Waals surface area contributed by atoms with Crippen molar-refractivity contribution in [1.29, 1.82) is 0 Å². The van der Waals surface area contributed by atoms with Gasteiger partial charge in [-0.3, -0.25) is 0 Å². The first-order valence-electron chi connectivity index (χ1n) is 2.30. The molecule has 1 heterocycles. The van der Waals surface area contributed by atoms with Crippen LogP contribution in [0.3, 0.4) is 0 Å². The third kappa shape index (κ3) is 3.32. The van der Waals surface area contributed by atoms with E-state index in [0.717, 1.165) is 4.76 Å². The van der Waals surface area contributed by atoms with Crippen molar-refractivity contribution in [3.8, 4) is 0 Å². The highest BCUT2D eigenvalue weighted by Gasteiger charge is 1.99. The van der Waals surface area contributed by atoms with Crippen LogP contribution in [0.2, 0.25) is 0 Å². The lowest BCUT2D eigenvalue weighted by Crippen LogP contribution is -1.95. The number of hydrogen-bond acceptors (Lipinski definition) is 2. The van der Waals surface area contributed by atoms with Crippen molar-refractivity contribution in [2.45, 2.75) is 0 Å². The van der Waals surface area contributed by atoms with Crippen molar-refractivity contribution in [1.82, 2.24) is 0 Å². The normalized spacial score (nSPS) is 16.7. The van der Waals surface area contributed by atoms with E-state index in [0.29, 0.717) is 6.54 Å². The Kier molecular flexibility index (Phi) is 4.44. The molecule has 0 fully saturated rings. The van der Waals surface area contributed by atoms with Gasteiger partial charge in [-0.25, -0.2) is 0 Å². The number of nitroso groups, excluding NO2 is 1. The van der Waals surface area contributed by atoms with E-state index in [2.05, 4.69) is 0 Å². The molecule has 0 atom stereocenters. The Bertz CT molecular complexity index is 155. The van der Waals surface area contributed by atoms with Crippen LogP contribution in [-0.2, 0) is 0 Å². The van der Waals surface area contributed by atoms with Crippen LogP contribution in [0.5, 0.6) is 0 Å². The van der Waals surface area contributed by atoms with Crippen molar-refractivity contribution >= 4 is 24.2 Å². The second-order valence-electron chi connectivity index (χ2n) is 1.39. The van der Waals surface area contributed by atoms with Crippen LogP contribution in [0.1, 0.15) is 0 Å². The van der Waals surface area contributed by atoms with Gasteiger partial charge in [0, 0.05) is 15.1 Å². The Morgan fingerprint density at radius 3 is 3.00 bits per heavy atom. The fraction of sp³-hybridized carbons (Fsp3) is 0.200. The highest BCUT2D eigenvalue weighted by Crippen LogP contribution is 2.06. The van der Waals surface area contributed by atoms with E-state index in [1.807, 2.05) is 11.5 Å². The molecule has 1 rings (SSSR count). The topological polar surface area (TPSA) is 20.1 Å². The third-order valence-electron chi connectivity index (χ3n) is 0.766. The molecule has 0 saturated heterocycles. The second-order valence-corrected chi connectivity index (χ2v) is 2.21. The quantitative estimate of drug-likeness (QED) is 0.510. The maximum Gasteiger partial charge on any atom is 0.227 e. The summed E-state index contributed by atoms with van der Waals surface area (Å²) < 4.78 is 0.885. The van der Waals surface area contributed by atoms with E-state index in [9.17, 15) is 4.91 Å². The number of thioether (sulfide) groups is 1. The van der Waals surface area contributed by atoms with Gasteiger partial charge < -0.3 is 0 Å². The largest absolute Gasteiger partial charge is 0.227 e. The van der Waals surface area contributed by atoms with Crippen LogP contribution in [0.4, 0.5) is 0 Å². The SMILES string of the molecule is Cl.O=[N+]1C=CSC=CC1. The predicted octanol–water partition coefficient (Wildman–Crippen LogP) is 1.92. The molecule has 1 aliphatic heterocycles. The zero-order valence-electron chi connectivity index (χ0n) is 4.69. The molecule has 0 radical (unpaired) electrons. The summed E-state index contributed by atoms with van der Waals surface area (Å²) in [7, 11) is 0. The maximum atomic E-state index is 10.4. The van der Waals surface area contributed by atoms with Crippen molar-refractivity contribution in [2.75, 3.05) is 6.54 Å². The fourth-order valence-electron chi connectivity index (χ4n) is 0.412. The standard InChI is InChI=1S/C5H6NOS.ClH/c7-6-2-1-4-8-5-3-6;/h1,3-5H,2H2;1H/q+1;. The van der Waals surface area contributed by atoms with E-state index < -0.39 is 0 Å². The number of nitrogens with zero attached hydrogens (tertiary/aromatic N) is 1. The molecule has 0 aliphatic carbocycles. The first-order chi connectivity index (χ1) is 3.89. The molecular formula is C5H7ClNOS+. The van der Waals surface area contributed by atoms with Crippen LogP contribution in [0.15, 0.2) is 23.1 Å². The Balaban J connectivity index is 0.000000640. The van der Waals surface area contributed by atoms with Crippen LogP contribution in [0, 0.1) is 4.91 Å². The van der Waals surface area contributed by atoms with E-state index in [-0.39, 0.29) is 12.4 Å². The van der Waals surface area contributed by atoms with Gasteiger partial charge in [0.15, 0.2) is 0 Å². The van der Waals surface area contributed by atoms with Gasteiger partial charge in [0.05, 0.1) is 0 Å². The first kappa shape index (κ1) is 8.72. The molecule has 0 amide bonds. The maximum absolute atomic E-state index is 10.4. The summed E-state index contributed by atoms with van der Waals surface area (Å²) in [5.74, 6) is 0. The van der Waals surface area contributed by atoms with Gasteiger partial charge in [-0.15, -0.1) is 12.4 Å². The molecule has 1 aliphatic rings. The van der Waals surface area contributed by atoms with Gasteiger partial charge in [-0.1, -0.05) is 11.8 Å². The zero-order valence-corrected chi connectivity index (χ0v) is 6.32. The summed E-state index contributed by atoms with van der Waals surface area (Å²) in [6.07, 6.45) is 3.35. The predicted molar refractivity (Wildman–Crippen MR) is 41.6 cm³/mol. The average molecular weight is 165 g/mol. The van der Waals surface area contributed by atoms with Crippen LogP contribution in [-0.4, -0.2) is 11.3 Å². The van der Waals surface area contributed by atoms with Crippen molar-refractivity contribution < 1.29 is 4.76 Å². The van der Waals surface area contributed by atoms with Crippen LogP contribution < -0.4 is 0 Å². The molecule has 0 aromatic rings. The Morgan fingerprint density at radius 2 is 2.22 bits per heavy atom.